The van der Waals surface area contributed by atoms with E-state index in [4.69, 9.17) is 9.47 Å². The van der Waals surface area contributed by atoms with Crippen LogP contribution in [0.2, 0.25) is 0 Å². The number of carbonyl (C=O) groups is 1. The molecule has 1 aliphatic heterocycles. The summed E-state index contributed by atoms with van der Waals surface area (Å²) in [6.07, 6.45) is 4.89. The van der Waals surface area contributed by atoms with Crippen LogP contribution in [0.15, 0.2) is 40.6 Å². The first kappa shape index (κ1) is 21.3. The summed E-state index contributed by atoms with van der Waals surface area (Å²) >= 11 is 1.19. The van der Waals surface area contributed by atoms with E-state index in [0.29, 0.717) is 36.1 Å². The summed E-state index contributed by atoms with van der Waals surface area (Å²) in [4.78, 5) is 13.2. The lowest BCUT2D eigenvalue weighted by molar-refractivity contribution is 0.0731. The van der Waals surface area contributed by atoms with Crippen molar-refractivity contribution >= 4 is 27.3 Å². The first-order valence-corrected chi connectivity index (χ1v) is 12.5. The van der Waals surface area contributed by atoms with E-state index in [1.807, 2.05) is 12.1 Å². The summed E-state index contributed by atoms with van der Waals surface area (Å²) < 4.78 is 38.3. The molecule has 2 aromatic rings. The number of benzene rings is 1. The van der Waals surface area contributed by atoms with Crippen molar-refractivity contribution < 1.29 is 22.7 Å². The average Bonchev–Trinajstić information content (AvgIpc) is 3.46. The third-order valence-corrected chi connectivity index (χ3v) is 8.80. The van der Waals surface area contributed by atoms with Gasteiger partial charge in [-0.3, -0.25) is 4.79 Å². The second-order valence-electron chi connectivity index (χ2n) is 7.47. The Morgan fingerprint density at radius 1 is 1.10 bits per heavy atom. The Labute approximate surface area is 181 Å². The molecule has 1 aromatic heterocycles. The summed E-state index contributed by atoms with van der Waals surface area (Å²) in [6.45, 7) is 1.85. The van der Waals surface area contributed by atoms with Gasteiger partial charge in [0.15, 0.2) is 0 Å². The molecule has 4 rings (SSSR count). The molecule has 0 atom stereocenters. The summed E-state index contributed by atoms with van der Waals surface area (Å²) in [7, 11) is -3.50. The molecular formula is C21H26N2O5S2. The second kappa shape index (κ2) is 9.47. The zero-order chi connectivity index (χ0) is 21.0. The number of rotatable bonds is 7. The Balaban J connectivity index is 1.31. The zero-order valence-corrected chi connectivity index (χ0v) is 18.3. The molecule has 2 aliphatic rings. The number of sulfonamides is 1. The number of nitrogens with zero attached hydrogens (tertiary/aromatic N) is 1. The highest BCUT2D eigenvalue weighted by Gasteiger charge is 2.27. The van der Waals surface area contributed by atoms with Crippen LogP contribution in [-0.2, 0) is 21.3 Å². The lowest BCUT2D eigenvalue weighted by Crippen LogP contribution is -2.40. The molecule has 0 unspecified atom stereocenters. The highest BCUT2D eigenvalue weighted by molar-refractivity contribution is 7.91. The van der Waals surface area contributed by atoms with Gasteiger partial charge in [-0.25, -0.2) is 8.42 Å². The molecule has 30 heavy (non-hydrogen) atoms. The van der Waals surface area contributed by atoms with Crippen LogP contribution in [0, 0.1) is 0 Å². The maximum absolute atomic E-state index is 12.7. The minimum Gasteiger partial charge on any atom is -0.490 e. The number of morpholine rings is 1. The summed E-state index contributed by atoms with van der Waals surface area (Å²) in [5, 5.41) is 2.85. The predicted octanol–water partition coefficient (Wildman–Crippen LogP) is 3.02. The molecule has 1 amide bonds. The second-order valence-corrected chi connectivity index (χ2v) is 10.8. The zero-order valence-electron chi connectivity index (χ0n) is 16.7. The van der Waals surface area contributed by atoms with E-state index in [2.05, 4.69) is 5.32 Å². The molecule has 0 radical (unpaired) electrons. The van der Waals surface area contributed by atoms with E-state index in [1.54, 1.807) is 24.3 Å². The largest absolute Gasteiger partial charge is 0.490 e. The van der Waals surface area contributed by atoms with Crippen molar-refractivity contribution in [3.63, 3.8) is 0 Å². The maximum Gasteiger partial charge on any atom is 0.252 e. The van der Waals surface area contributed by atoms with Gasteiger partial charge in [-0.2, -0.15) is 4.31 Å². The van der Waals surface area contributed by atoms with Crippen molar-refractivity contribution in [1.82, 2.24) is 9.62 Å². The van der Waals surface area contributed by atoms with Crippen molar-refractivity contribution in [2.24, 2.45) is 0 Å². The van der Waals surface area contributed by atoms with Crippen LogP contribution >= 0.6 is 11.3 Å². The third kappa shape index (κ3) is 5.03. The fourth-order valence-corrected chi connectivity index (χ4v) is 6.52. The quantitative estimate of drug-likeness (QED) is 0.701. The van der Waals surface area contributed by atoms with E-state index in [9.17, 15) is 13.2 Å². The van der Waals surface area contributed by atoms with E-state index in [-0.39, 0.29) is 18.6 Å². The molecule has 2 heterocycles. The Kier molecular flexibility index (Phi) is 6.72. The first-order chi connectivity index (χ1) is 14.5. The average molecular weight is 451 g/mol. The number of carbonyl (C=O) groups excluding carboxylic acids is 1. The van der Waals surface area contributed by atoms with Crippen LogP contribution in [0.25, 0.3) is 0 Å². The normalized spacial score (nSPS) is 18.4. The molecule has 0 bridgehead atoms. The van der Waals surface area contributed by atoms with Crippen LogP contribution in [0.3, 0.4) is 0 Å². The topological polar surface area (TPSA) is 84.9 Å². The van der Waals surface area contributed by atoms with E-state index >= 15 is 0 Å². The number of amides is 1. The molecule has 1 aromatic carbocycles. The lowest BCUT2D eigenvalue weighted by atomic mass is 10.2. The van der Waals surface area contributed by atoms with Crippen molar-refractivity contribution in [1.29, 1.82) is 0 Å². The molecule has 1 aliphatic carbocycles. The monoisotopic (exact) mass is 450 g/mol. The molecule has 2 fully saturated rings. The van der Waals surface area contributed by atoms with Crippen molar-refractivity contribution in [2.75, 3.05) is 26.3 Å². The SMILES string of the molecule is O=C(NCc1ccc(S(=O)(=O)N2CCOCC2)s1)c1ccc(OC2CCCC2)cc1. The molecular weight excluding hydrogens is 424 g/mol. The van der Waals surface area contributed by atoms with Crippen LogP contribution in [0.1, 0.15) is 40.9 Å². The number of nitrogens with one attached hydrogen (secondary N) is 1. The fraction of sp³-hybridized carbons (Fsp3) is 0.476. The Morgan fingerprint density at radius 3 is 2.50 bits per heavy atom. The first-order valence-electron chi connectivity index (χ1n) is 10.2. The predicted molar refractivity (Wildman–Crippen MR) is 114 cm³/mol. The lowest BCUT2D eigenvalue weighted by Gasteiger charge is -2.25. The van der Waals surface area contributed by atoms with Gasteiger partial charge in [0.2, 0.25) is 0 Å². The van der Waals surface area contributed by atoms with Gasteiger partial charge in [0, 0.05) is 23.5 Å². The van der Waals surface area contributed by atoms with E-state index < -0.39 is 10.0 Å². The summed E-state index contributed by atoms with van der Waals surface area (Å²) in [5.74, 6) is 0.586. The molecule has 0 spiro atoms. The van der Waals surface area contributed by atoms with Gasteiger partial charge in [-0.05, 0) is 62.1 Å². The Bertz CT molecular complexity index is 960. The molecule has 9 heteroatoms. The van der Waals surface area contributed by atoms with Crippen LogP contribution in [0.5, 0.6) is 5.75 Å². The van der Waals surface area contributed by atoms with Gasteiger partial charge < -0.3 is 14.8 Å². The standard InChI is InChI=1S/C21H26N2O5S2/c24-21(16-5-7-18(8-6-16)28-17-3-1-2-4-17)22-15-19-9-10-20(29-19)30(25,26)23-11-13-27-14-12-23/h5-10,17H,1-4,11-15H2,(H,22,24). The van der Waals surface area contributed by atoms with Crippen LogP contribution in [-0.4, -0.2) is 51.0 Å². The Hall–Kier alpha value is -1.94. The minimum atomic E-state index is -3.50. The number of hydrogen-bond donors (Lipinski definition) is 1. The maximum atomic E-state index is 12.7. The molecule has 162 valence electrons. The number of ether oxygens (including phenoxy) is 2. The number of hydrogen-bond acceptors (Lipinski definition) is 6. The molecule has 7 nitrogen and oxygen atoms in total. The molecule has 1 saturated heterocycles. The Morgan fingerprint density at radius 2 is 1.80 bits per heavy atom. The number of thiophene rings is 1. The summed E-state index contributed by atoms with van der Waals surface area (Å²) in [5.41, 5.74) is 0.548. The van der Waals surface area contributed by atoms with Crippen LogP contribution in [0.4, 0.5) is 0 Å². The fourth-order valence-electron chi connectivity index (χ4n) is 3.66. The smallest absolute Gasteiger partial charge is 0.252 e. The molecule has 1 saturated carbocycles. The van der Waals surface area contributed by atoms with E-state index in [0.717, 1.165) is 23.5 Å². The van der Waals surface area contributed by atoms with Gasteiger partial charge in [0.1, 0.15) is 9.96 Å². The van der Waals surface area contributed by atoms with Crippen LogP contribution < -0.4 is 10.1 Å². The van der Waals surface area contributed by atoms with E-state index in [1.165, 1.54) is 28.5 Å². The van der Waals surface area contributed by atoms with Gasteiger partial charge in [-0.1, -0.05) is 0 Å². The third-order valence-electron chi connectivity index (χ3n) is 5.35. The molecule has 1 N–H and O–H groups in total. The highest BCUT2D eigenvalue weighted by Crippen LogP contribution is 2.26. The van der Waals surface area contributed by atoms with Gasteiger partial charge in [0.25, 0.3) is 15.9 Å². The van der Waals surface area contributed by atoms with Crippen molar-refractivity contribution in [3.05, 3.63) is 46.8 Å². The van der Waals surface area contributed by atoms with Gasteiger partial charge in [0.05, 0.1) is 25.9 Å². The van der Waals surface area contributed by atoms with Crippen molar-refractivity contribution in [2.45, 2.75) is 42.5 Å². The van der Waals surface area contributed by atoms with Gasteiger partial charge in [-0.15, -0.1) is 11.3 Å². The highest BCUT2D eigenvalue weighted by atomic mass is 32.2. The minimum absolute atomic E-state index is 0.201. The summed E-state index contributed by atoms with van der Waals surface area (Å²) in [6, 6.07) is 10.5. The van der Waals surface area contributed by atoms with Crippen molar-refractivity contribution in [3.8, 4) is 5.75 Å². The van der Waals surface area contributed by atoms with Gasteiger partial charge >= 0.3 is 0 Å².